The van der Waals surface area contributed by atoms with E-state index in [4.69, 9.17) is 0 Å². The normalized spacial score (nSPS) is 18.9. The van der Waals surface area contributed by atoms with Crippen LogP contribution in [-0.4, -0.2) is 11.4 Å². The van der Waals surface area contributed by atoms with Crippen molar-refractivity contribution >= 4 is 11.8 Å². The third kappa shape index (κ3) is 0.991. The summed E-state index contributed by atoms with van der Waals surface area (Å²) in [6.45, 7) is 14.6. The van der Waals surface area contributed by atoms with Crippen LogP contribution in [0, 0.1) is 0 Å². The Balaban J connectivity index is 2.84. The Morgan fingerprint density at radius 2 is 2.00 bits per heavy atom. The average molecular weight is 153 g/mol. The van der Waals surface area contributed by atoms with E-state index >= 15 is 0 Å². The third-order valence-corrected chi connectivity index (χ3v) is 2.44. The molecule has 0 radical (unpaired) electrons. The summed E-state index contributed by atoms with van der Waals surface area (Å²) in [6.07, 6.45) is 0. The Bertz CT molecular complexity index is 205. The van der Waals surface area contributed by atoms with E-state index in [1.54, 1.807) is 11.8 Å². The quantitative estimate of drug-likeness (QED) is 0.569. The summed E-state index contributed by atoms with van der Waals surface area (Å²) < 4.78 is 0. The molecule has 1 saturated heterocycles. The molecule has 0 aromatic rings. The maximum absolute atomic E-state index is 3.88. The molecule has 0 bridgehead atoms. The summed E-state index contributed by atoms with van der Waals surface area (Å²) in [5, 5.41) is 1.04. The van der Waals surface area contributed by atoms with Crippen molar-refractivity contribution in [1.29, 1.82) is 0 Å². The van der Waals surface area contributed by atoms with Gasteiger partial charge in [0.25, 0.3) is 0 Å². The molecule has 0 spiro atoms. The number of hydrogen-bond acceptors (Lipinski definition) is 2. The maximum Gasteiger partial charge on any atom is 0.0727 e. The van der Waals surface area contributed by atoms with Crippen LogP contribution >= 0.6 is 11.8 Å². The number of thioether (sulfide) groups is 1. The van der Waals surface area contributed by atoms with Gasteiger partial charge in [-0.15, -0.1) is 0 Å². The average Bonchev–Trinajstić information content (AvgIpc) is 2.09. The van der Waals surface area contributed by atoms with Crippen molar-refractivity contribution in [1.82, 2.24) is 4.90 Å². The molecule has 0 aromatic heterocycles. The Hall–Kier alpha value is -0.630. The first-order valence-electron chi connectivity index (χ1n) is 3.19. The first-order valence-corrected chi connectivity index (χ1v) is 4.01. The lowest BCUT2D eigenvalue weighted by molar-refractivity contribution is 0.507. The summed E-state index contributed by atoms with van der Waals surface area (Å²) in [7, 11) is 0. The molecule has 0 aromatic carbocycles. The fourth-order valence-electron chi connectivity index (χ4n) is 0.924. The zero-order valence-corrected chi connectivity index (χ0v) is 7.00. The van der Waals surface area contributed by atoms with Gasteiger partial charge in [0, 0.05) is 17.1 Å². The minimum Gasteiger partial charge on any atom is -0.336 e. The second-order valence-electron chi connectivity index (χ2n) is 2.11. The topological polar surface area (TPSA) is 3.24 Å². The molecule has 0 amide bonds. The van der Waals surface area contributed by atoms with Crippen molar-refractivity contribution in [2.45, 2.75) is 6.92 Å². The molecule has 2 heteroatoms. The summed E-state index contributed by atoms with van der Waals surface area (Å²) in [5.41, 5.74) is 0.998. The van der Waals surface area contributed by atoms with Crippen LogP contribution in [0.2, 0.25) is 0 Å². The minimum atomic E-state index is 0.934. The maximum atomic E-state index is 3.88. The van der Waals surface area contributed by atoms with Gasteiger partial charge < -0.3 is 4.90 Å². The molecule has 10 heavy (non-hydrogen) atoms. The van der Waals surface area contributed by atoms with Gasteiger partial charge in [-0.2, -0.15) is 0 Å². The molecule has 1 heterocycles. The molecule has 0 atom stereocenters. The predicted molar refractivity (Wildman–Crippen MR) is 47.4 cm³/mol. The van der Waals surface area contributed by atoms with Crippen LogP contribution in [0.5, 0.6) is 0 Å². The van der Waals surface area contributed by atoms with Crippen LogP contribution in [0.1, 0.15) is 6.92 Å². The largest absolute Gasteiger partial charge is 0.336 e. The number of likely N-dealkylation sites (N-methyl/N-ethyl adjacent to an activating group) is 1. The molecular formula is C8H11NS. The Morgan fingerprint density at radius 3 is 2.20 bits per heavy atom. The molecule has 54 valence electrons. The van der Waals surface area contributed by atoms with E-state index < -0.39 is 0 Å². The number of nitrogens with zero attached hydrogens (tertiary/aromatic N) is 1. The molecule has 1 rings (SSSR count). The molecule has 0 aliphatic carbocycles. The van der Waals surface area contributed by atoms with E-state index in [1.807, 2.05) is 0 Å². The molecule has 1 aliphatic heterocycles. The summed E-state index contributed by atoms with van der Waals surface area (Å²) in [6, 6.07) is 0. The van der Waals surface area contributed by atoms with Crippen molar-refractivity contribution in [2.24, 2.45) is 0 Å². The van der Waals surface area contributed by atoms with E-state index in [9.17, 15) is 0 Å². The number of rotatable bonds is 1. The van der Waals surface area contributed by atoms with Crippen molar-refractivity contribution < 1.29 is 0 Å². The van der Waals surface area contributed by atoms with E-state index in [0.717, 1.165) is 22.2 Å². The minimum absolute atomic E-state index is 0.934. The fourth-order valence-corrected chi connectivity index (χ4v) is 1.79. The zero-order chi connectivity index (χ0) is 7.72. The lowest BCUT2D eigenvalue weighted by atomic mass is 10.4. The van der Waals surface area contributed by atoms with Gasteiger partial charge in [0.15, 0.2) is 0 Å². The van der Waals surface area contributed by atoms with Gasteiger partial charge in [-0.3, -0.25) is 0 Å². The van der Waals surface area contributed by atoms with E-state index in [1.165, 1.54) is 0 Å². The van der Waals surface area contributed by atoms with Gasteiger partial charge in [-0.1, -0.05) is 31.5 Å². The lowest BCUT2D eigenvalue weighted by Crippen LogP contribution is -2.13. The molecule has 1 nitrogen and oxygen atoms in total. The molecule has 1 aliphatic rings. The second kappa shape index (κ2) is 2.54. The highest BCUT2D eigenvalue weighted by atomic mass is 32.2. The fraction of sp³-hybridized carbons (Fsp3) is 0.250. The first kappa shape index (κ1) is 7.48. The number of hydrogen-bond donors (Lipinski definition) is 0. The first-order chi connectivity index (χ1) is 4.66. The zero-order valence-electron chi connectivity index (χ0n) is 6.18. The van der Waals surface area contributed by atoms with Crippen LogP contribution in [-0.2, 0) is 0 Å². The summed E-state index contributed by atoms with van der Waals surface area (Å²) in [5.74, 6) is 0. The van der Waals surface area contributed by atoms with Gasteiger partial charge in [0.1, 0.15) is 0 Å². The third-order valence-electron chi connectivity index (χ3n) is 1.51. The molecule has 0 N–H and O–H groups in total. The van der Waals surface area contributed by atoms with Crippen LogP contribution in [0.4, 0.5) is 0 Å². The standard InChI is InChI=1S/C8H11NS/c1-5-9-6(2)7(3)10-8(9)4/h2-5H2,1H3. The van der Waals surface area contributed by atoms with E-state index in [-0.39, 0.29) is 0 Å². The van der Waals surface area contributed by atoms with Crippen LogP contribution in [0.15, 0.2) is 35.4 Å². The summed E-state index contributed by atoms with van der Waals surface area (Å²) >= 11 is 1.60. The smallest absolute Gasteiger partial charge is 0.0727 e. The van der Waals surface area contributed by atoms with E-state index in [0.29, 0.717) is 0 Å². The highest BCUT2D eigenvalue weighted by Crippen LogP contribution is 2.40. The van der Waals surface area contributed by atoms with Crippen molar-refractivity contribution in [3.05, 3.63) is 35.4 Å². The van der Waals surface area contributed by atoms with Gasteiger partial charge >= 0.3 is 0 Å². The van der Waals surface area contributed by atoms with Gasteiger partial charge in [-0.25, -0.2) is 0 Å². The van der Waals surface area contributed by atoms with Crippen LogP contribution in [0.3, 0.4) is 0 Å². The molecule has 0 saturated carbocycles. The van der Waals surface area contributed by atoms with E-state index in [2.05, 4.69) is 31.6 Å². The van der Waals surface area contributed by atoms with Crippen molar-refractivity contribution in [3.63, 3.8) is 0 Å². The van der Waals surface area contributed by atoms with Crippen LogP contribution < -0.4 is 0 Å². The molecular weight excluding hydrogens is 142 g/mol. The second-order valence-corrected chi connectivity index (χ2v) is 3.28. The van der Waals surface area contributed by atoms with Gasteiger partial charge in [0.05, 0.1) is 5.03 Å². The Labute approximate surface area is 66.1 Å². The Kier molecular flexibility index (Phi) is 1.90. The highest BCUT2D eigenvalue weighted by molar-refractivity contribution is 8.07. The van der Waals surface area contributed by atoms with Crippen molar-refractivity contribution in [2.75, 3.05) is 6.54 Å². The predicted octanol–water partition coefficient (Wildman–Crippen LogP) is 2.55. The molecule has 1 fully saturated rings. The van der Waals surface area contributed by atoms with Crippen LogP contribution in [0.25, 0.3) is 0 Å². The van der Waals surface area contributed by atoms with Gasteiger partial charge in [0.2, 0.25) is 0 Å². The SMILES string of the molecule is C=C1SC(=C)N(CC)C1=C. The van der Waals surface area contributed by atoms with Gasteiger partial charge in [-0.05, 0) is 6.92 Å². The van der Waals surface area contributed by atoms with Crippen molar-refractivity contribution in [3.8, 4) is 0 Å². The monoisotopic (exact) mass is 153 g/mol. The highest BCUT2D eigenvalue weighted by Gasteiger charge is 2.21. The lowest BCUT2D eigenvalue weighted by Gasteiger charge is -2.15. The summed E-state index contributed by atoms with van der Waals surface area (Å²) in [4.78, 5) is 3.08. The molecule has 0 unspecified atom stereocenters. The Morgan fingerprint density at radius 1 is 1.40 bits per heavy atom.